The Hall–Kier alpha value is -19.5. The lowest BCUT2D eigenvalue weighted by Crippen LogP contribution is -2.02. The summed E-state index contributed by atoms with van der Waals surface area (Å²) in [5.74, 6) is 5.28. The van der Waals surface area contributed by atoms with Gasteiger partial charge in [0.25, 0.3) is 0 Å². The first kappa shape index (κ1) is 81.3. The Morgan fingerprint density at radius 2 is 0.421 bits per heavy atom. The van der Waals surface area contributed by atoms with Crippen LogP contribution in [-0.2, 0) is 0 Å². The molecule has 16 aromatic carbocycles. The Labute approximate surface area is 799 Å². The maximum Gasteiger partial charge on any atom is 0.165 e. The molecular weight excluding hydrogens is 1720 g/mol. The summed E-state index contributed by atoms with van der Waals surface area (Å²) in [5, 5.41) is 24.0. The van der Waals surface area contributed by atoms with Gasteiger partial charge in [0, 0.05) is 149 Å². The number of hydrogen-bond donors (Lipinski definition) is 0. The Balaban J connectivity index is 0.000000108. The average Bonchev–Trinajstić information content (AvgIpc) is 0.748. The van der Waals surface area contributed by atoms with E-state index in [2.05, 4.69) is 311 Å². The molecule has 12 heterocycles. The van der Waals surface area contributed by atoms with E-state index in [9.17, 15) is 0 Å². The minimum absolute atomic E-state index is 0.528. The normalized spacial score (nSPS) is 11.6. The molecule has 0 saturated carbocycles. The molecule has 0 saturated heterocycles. The van der Waals surface area contributed by atoms with Crippen LogP contribution in [0.2, 0.25) is 0 Å². The molecule has 0 unspecified atom stereocenters. The first-order chi connectivity index (χ1) is 69.4. The minimum atomic E-state index is 0.528. The fourth-order valence-corrected chi connectivity index (χ4v) is 19.5. The molecule has 0 aliphatic carbocycles. The highest BCUT2D eigenvalue weighted by molar-refractivity contribution is 6.18. The van der Waals surface area contributed by atoms with Gasteiger partial charge in [-0.3, -0.25) is 44.9 Å². The lowest BCUT2D eigenvalue weighted by atomic mass is 9.96. The predicted molar refractivity (Wildman–Crippen MR) is 565 cm³/mol. The lowest BCUT2D eigenvalue weighted by Gasteiger charge is -2.14. The zero-order valence-corrected chi connectivity index (χ0v) is 74.6. The number of aromatic nitrogens is 18. The highest BCUT2D eigenvalue weighted by Gasteiger charge is 2.26. The summed E-state index contributed by atoms with van der Waals surface area (Å²) in [5.41, 5.74) is 16.6. The average molecular weight is 1790 g/mol. The van der Waals surface area contributed by atoms with Crippen molar-refractivity contribution < 1.29 is 0 Å². The number of pyridine rings is 9. The number of fused-ring (bicyclic) bond motifs is 20. The highest BCUT2D eigenvalue weighted by atomic mass is 15.1. The molecule has 28 rings (SSSR count). The summed E-state index contributed by atoms with van der Waals surface area (Å²) < 4.78 is 0. The molecule has 28 aromatic rings. The summed E-state index contributed by atoms with van der Waals surface area (Å²) in [6.45, 7) is 0. The highest BCUT2D eigenvalue weighted by Crippen LogP contribution is 2.44. The van der Waals surface area contributed by atoms with Crippen molar-refractivity contribution in [3.63, 3.8) is 0 Å². The van der Waals surface area contributed by atoms with Crippen LogP contribution in [0.1, 0.15) is 0 Å². The maximum atomic E-state index is 5.23. The summed E-state index contributed by atoms with van der Waals surface area (Å²) >= 11 is 0. The van der Waals surface area contributed by atoms with Crippen LogP contribution in [-0.4, -0.2) is 89.7 Å². The summed E-state index contributed by atoms with van der Waals surface area (Å²) in [4.78, 5) is 88.5. The summed E-state index contributed by atoms with van der Waals surface area (Å²) in [7, 11) is 0. The number of hydrogen-bond acceptors (Lipinski definition) is 18. The van der Waals surface area contributed by atoms with Crippen LogP contribution in [0.25, 0.3) is 277 Å². The van der Waals surface area contributed by atoms with E-state index >= 15 is 0 Å². The van der Waals surface area contributed by atoms with Crippen molar-refractivity contribution in [2.75, 3.05) is 0 Å². The van der Waals surface area contributed by atoms with Gasteiger partial charge >= 0.3 is 0 Å². The lowest BCUT2D eigenvalue weighted by molar-refractivity contribution is 1.07. The Morgan fingerprint density at radius 3 is 0.843 bits per heavy atom. The number of nitrogens with zero attached hydrogens (tertiary/aromatic N) is 18. The van der Waals surface area contributed by atoms with Crippen LogP contribution in [0.5, 0.6) is 0 Å². The van der Waals surface area contributed by atoms with E-state index in [1.165, 1.54) is 26.9 Å². The van der Waals surface area contributed by atoms with E-state index in [1.807, 2.05) is 97.2 Å². The van der Waals surface area contributed by atoms with E-state index in [-0.39, 0.29) is 0 Å². The van der Waals surface area contributed by atoms with Crippen molar-refractivity contribution in [2.45, 2.75) is 0 Å². The SMILES string of the molecule is c1ccc(-c2ccc(-c3nc(-c4cc5ccccc5c5ccccc45)nc(-c4cc5cccnc5c5ncccc45)n3)cn2)nc1.c1ccc2c(-c3ccc(-c4nc(-c5cc6ccccc6c6ccccc56)nc(-c5cc6cccnc6c6ncccc56)n4)cc3)nccc2c1.c1ccc2cc(-c3nc(-c4cc5ccccc5c5ccccc45)nc(-c4cc5cccnc5c5ncccc45)n3)ccc2c1. The quantitative estimate of drug-likeness (QED) is 0.110. The Bertz CT molecular complexity index is 9460. The molecule has 0 spiro atoms. The van der Waals surface area contributed by atoms with Gasteiger partial charge in [-0.1, -0.05) is 273 Å². The molecule has 0 N–H and O–H groups in total. The van der Waals surface area contributed by atoms with Gasteiger partial charge in [0.05, 0.1) is 50.2 Å². The fourth-order valence-electron chi connectivity index (χ4n) is 19.5. The zero-order valence-electron chi connectivity index (χ0n) is 74.6. The van der Waals surface area contributed by atoms with Crippen LogP contribution in [0.3, 0.4) is 0 Å². The van der Waals surface area contributed by atoms with E-state index in [0.717, 1.165) is 197 Å². The first-order valence-electron chi connectivity index (χ1n) is 46.1. The van der Waals surface area contributed by atoms with Crippen molar-refractivity contribution in [2.24, 2.45) is 0 Å². The molecule has 650 valence electrons. The third-order valence-electron chi connectivity index (χ3n) is 26.1. The number of benzene rings is 16. The van der Waals surface area contributed by atoms with E-state index in [1.54, 1.807) is 49.6 Å². The van der Waals surface area contributed by atoms with Gasteiger partial charge in [-0.05, 0) is 190 Å². The van der Waals surface area contributed by atoms with Gasteiger partial charge in [-0.2, -0.15) is 0 Å². The molecule has 18 heteroatoms. The molecule has 0 atom stereocenters. The van der Waals surface area contributed by atoms with E-state index < -0.39 is 0 Å². The summed E-state index contributed by atoms with van der Waals surface area (Å²) in [6, 6.07) is 131. The Kier molecular flexibility index (Phi) is 20.1. The van der Waals surface area contributed by atoms with Crippen LogP contribution in [0.4, 0.5) is 0 Å². The molecule has 0 fully saturated rings. The monoisotopic (exact) mass is 1790 g/mol. The molecule has 18 nitrogen and oxygen atoms in total. The molecule has 0 aliphatic heterocycles. The van der Waals surface area contributed by atoms with Gasteiger partial charge in [-0.25, -0.2) is 44.9 Å². The predicted octanol–water partition coefficient (Wildman–Crippen LogP) is 28.7. The molecule has 0 bridgehead atoms. The van der Waals surface area contributed by atoms with Crippen molar-refractivity contribution in [1.82, 2.24) is 89.7 Å². The third kappa shape index (κ3) is 14.7. The van der Waals surface area contributed by atoms with Gasteiger partial charge in [-0.15, -0.1) is 0 Å². The molecule has 0 radical (unpaired) electrons. The standard InChI is InChI=1S/C44H26N6.C39H23N7.C39H23N5/c1-4-13-33-27(9-1)21-24-47-39(33)28-17-19-29(20-18-28)42-48-43(37-25-30-10-2-3-12-32(30)34-14-5-6-15-35(34)37)50-44(49-42)38-26-31-11-7-22-45-40(31)41-36(38)16-8-23-46-41;1-2-11-27-24(9-1)21-31(29-13-4-3-12-28(27)29)38-44-37(26-16-17-34(43-23-26)33-15-5-6-18-40-33)45-39(46-38)32-22-25-10-7-19-41-35(25)36-30(32)14-8-20-42-36;1-2-10-25-21-28(18-17-24(25)9-1)37-42-38(33-22-26-11-3-4-13-29(26)30-14-5-6-15-31(30)33)44-39(43-37)34-23-27-12-7-19-40-35(27)36-32(34)16-8-20-41-36/h1-26H;1-23H;1-23H. The minimum Gasteiger partial charge on any atom is -0.256 e. The van der Waals surface area contributed by atoms with Crippen LogP contribution in [0.15, 0.2) is 438 Å². The second-order valence-corrected chi connectivity index (χ2v) is 34.4. The van der Waals surface area contributed by atoms with E-state index in [4.69, 9.17) is 69.8 Å². The Morgan fingerprint density at radius 1 is 0.129 bits per heavy atom. The maximum absolute atomic E-state index is 5.23. The first-order valence-corrected chi connectivity index (χ1v) is 46.1. The number of rotatable bonds is 11. The molecule has 0 amide bonds. The van der Waals surface area contributed by atoms with E-state index in [0.29, 0.717) is 52.4 Å². The fraction of sp³-hybridized carbons (Fsp3) is 0. The van der Waals surface area contributed by atoms with Crippen LogP contribution < -0.4 is 0 Å². The smallest absolute Gasteiger partial charge is 0.165 e. The molecule has 12 aromatic heterocycles. The molecular formula is C122H72N18. The van der Waals surface area contributed by atoms with Gasteiger partial charge < -0.3 is 0 Å². The van der Waals surface area contributed by atoms with Crippen LogP contribution >= 0.6 is 0 Å². The third-order valence-corrected chi connectivity index (χ3v) is 26.1. The largest absolute Gasteiger partial charge is 0.256 e. The van der Waals surface area contributed by atoms with Gasteiger partial charge in [0.1, 0.15) is 0 Å². The van der Waals surface area contributed by atoms with Crippen molar-refractivity contribution in [3.8, 4) is 125 Å². The van der Waals surface area contributed by atoms with Crippen molar-refractivity contribution >= 4 is 152 Å². The molecule has 140 heavy (non-hydrogen) atoms. The molecule has 0 aliphatic rings. The topological polar surface area (TPSA) is 232 Å². The second-order valence-electron chi connectivity index (χ2n) is 34.4. The van der Waals surface area contributed by atoms with Gasteiger partial charge in [0.15, 0.2) is 52.4 Å². The van der Waals surface area contributed by atoms with Crippen molar-refractivity contribution in [1.29, 1.82) is 0 Å². The summed E-state index contributed by atoms with van der Waals surface area (Å²) in [6.07, 6.45) is 16.2. The van der Waals surface area contributed by atoms with Gasteiger partial charge in [0.2, 0.25) is 0 Å². The van der Waals surface area contributed by atoms with Crippen molar-refractivity contribution in [3.05, 3.63) is 438 Å². The zero-order chi connectivity index (χ0) is 92.5. The second kappa shape index (κ2) is 34.5. The van der Waals surface area contributed by atoms with Crippen LogP contribution in [0, 0.1) is 0 Å².